The van der Waals surface area contributed by atoms with Gasteiger partial charge in [0.05, 0.1) is 6.26 Å². The normalized spacial score (nSPS) is 11.8. The summed E-state index contributed by atoms with van der Waals surface area (Å²) < 4.78 is 22.6. The maximum atomic E-state index is 6.12. The van der Waals surface area contributed by atoms with Crippen molar-refractivity contribution < 1.29 is 18.9 Å². The third-order valence-corrected chi connectivity index (χ3v) is 5.96. The van der Waals surface area contributed by atoms with E-state index in [-0.39, 0.29) is 6.29 Å². The molecule has 4 heteroatoms. The molecule has 0 atom stereocenters. The second-order valence-electron chi connectivity index (χ2n) is 9.20. The van der Waals surface area contributed by atoms with Crippen LogP contribution in [0.5, 0.6) is 0 Å². The molecule has 0 heterocycles. The molecule has 0 unspecified atom stereocenters. The van der Waals surface area contributed by atoms with E-state index in [4.69, 9.17) is 18.9 Å². The van der Waals surface area contributed by atoms with E-state index < -0.39 is 0 Å². The third kappa shape index (κ3) is 27.5. The molecule has 198 valence electrons. The summed E-state index contributed by atoms with van der Waals surface area (Å²) in [5, 5.41) is 0. The van der Waals surface area contributed by atoms with E-state index in [1.54, 1.807) is 6.26 Å². The number of unbranched alkanes of at least 4 members (excludes halogenated alkanes) is 15. The lowest BCUT2D eigenvalue weighted by Crippen LogP contribution is -2.19. The molecule has 0 radical (unpaired) electrons. The van der Waals surface area contributed by atoms with Gasteiger partial charge in [-0.1, -0.05) is 97.3 Å². The Labute approximate surface area is 207 Å². The molecule has 33 heavy (non-hydrogen) atoms. The van der Waals surface area contributed by atoms with Gasteiger partial charge in [-0.05, 0) is 51.5 Å². The molecular weight excluding hydrogens is 412 g/mol. The molecule has 0 aliphatic carbocycles. The van der Waals surface area contributed by atoms with Gasteiger partial charge < -0.3 is 18.9 Å². The van der Waals surface area contributed by atoms with Gasteiger partial charge in [0.25, 0.3) is 0 Å². The zero-order valence-electron chi connectivity index (χ0n) is 22.6. The van der Waals surface area contributed by atoms with Crippen LogP contribution in [0.1, 0.15) is 143 Å². The van der Waals surface area contributed by atoms with Gasteiger partial charge in [-0.3, -0.25) is 0 Å². The minimum absolute atomic E-state index is 0.0130. The van der Waals surface area contributed by atoms with Crippen molar-refractivity contribution >= 4 is 0 Å². The molecule has 0 saturated carbocycles. The lowest BCUT2D eigenvalue weighted by Gasteiger charge is -2.19. The third-order valence-electron chi connectivity index (χ3n) is 5.96. The fourth-order valence-corrected chi connectivity index (χ4v) is 3.82. The molecule has 0 aromatic carbocycles. The highest BCUT2D eigenvalue weighted by Gasteiger charge is 2.09. The zero-order valence-corrected chi connectivity index (χ0v) is 22.6. The average Bonchev–Trinajstić information content (AvgIpc) is 2.83. The maximum Gasteiger partial charge on any atom is 0.188 e. The molecule has 0 aromatic heterocycles. The van der Waals surface area contributed by atoms with Crippen molar-refractivity contribution in [3.05, 3.63) is 12.3 Å². The maximum absolute atomic E-state index is 6.12. The van der Waals surface area contributed by atoms with Gasteiger partial charge in [0.2, 0.25) is 0 Å². The monoisotopic (exact) mass is 470 g/mol. The van der Waals surface area contributed by atoms with Crippen LogP contribution in [0.25, 0.3) is 0 Å². The Balaban J connectivity index is 3.72. The molecule has 0 spiro atoms. The lowest BCUT2D eigenvalue weighted by atomic mass is 10.1. The number of hydrogen-bond donors (Lipinski definition) is 0. The van der Waals surface area contributed by atoms with Gasteiger partial charge in [-0.2, -0.15) is 0 Å². The van der Waals surface area contributed by atoms with Crippen molar-refractivity contribution in [2.24, 2.45) is 0 Å². The van der Waals surface area contributed by atoms with E-state index in [1.165, 1.54) is 109 Å². The molecule has 0 aliphatic rings. The van der Waals surface area contributed by atoms with Gasteiger partial charge >= 0.3 is 0 Å². The summed E-state index contributed by atoms with van der Waals surface area (Å²) in [6.07, 6.45) is 28.0. The molecule has 0 fully saturated rings. The highest BCUT2D eigenvalue weighted by atomic mass is 16.7. The highest BCUT2D eigenvalue weighted by molar-refractivity contribution is 4.72. The van der Waals surface area contributed by atoms with Crippen LogP contribution >= 0.6 is 0 Å². The van der Waals surface area contributed by atoms with Crippen molar-refractivity contribution in [1.29, 1.82) is 0 Å². The van der Waals surface area contributed by atoms with Crippen LogP contribution in [0.4, 0.5) is 0 Å². The molecule has 0 bridgehead atoms. The number of allylic oxidation sites excluding steroid dienone is 1. The molecule has 0 amide bonds. The summed E-state index contributed by atoms with van der Waals surface area (Å²) in [4.78, 5) is 0. The van der Waals surface area contributed by atoms with Crippen LogP contribution in [0.15, 0.2) is 12.3 Å². The Morgan fingerprint density at radius 1 is 0.576 bits per heavy atom. The van der Waals surface area contributed by atoms with Crippen LogP contribution in [-0.4, -0.2) is 32.9 Å². The lowest BCUT2D eigenvalue weighted by molar-refractivity contribution is -0.148. The van der Waals surface area contributed by atoms with Crippen LogP contribution in [0, 0.1) is 0 Å². The smallest absolute Gasteiger partial charge is 0.188 e. The Morgan fingerprint density at radius 3 is 1.67 bits per heavy atom. The van der Waals surface area contributed by atoms with E-state index in [0.29, 0.717) is 13.4 Å². The van der Waals surface area contributed by atoms with Gasteiger partial charge in [-0.15, -0.1) is 0 Å². The first-order valence-electron chi connectivity index (χ1n) is 14.4. The van der Waals surface area contributed by atoms with E-state index in [2.05, 4.69) is 19.9 Å². The first kappa shape index (κ1) is 32.4. The van der Waals surface area contributed by atoms with Crippen molar-refractivity contribution in [3.63, 3.8) is 0 Å². The number of rotatable bonds is 28. The summed E-state index contributed by atoms with van der Waals surface area (Å²) in [6.45, 7) is 9.28. The van der Waals surface area contributed by atoms with Crippen LogP contribution < -0.4 is 0 Å². The van der Waals surface area contributed by atoms with Gasteiger partial charge in [0, 0.05) is 19.8 Å². The van der Waals surface area contributed by atoms with Crippen molar-refractivity contribution in [3.8, 4) is 0 Å². The Kier molecular flexibility index (Phi) is 28.9. The topological polar surface area (TPSA) is 36.9 Å². The van der Waals surface area contributed by atoms with E-state index in [0.717, 1.165) is 26.1 Å². The molecule has 0 saturated heterocycles. The predicted molar refractivity (Wildman–Crippen MR) is 141 cm³/mol. The van der Waals surface area contributed by atoms with E-state index >= 15 is 0 Å². The van der Waals surface area contributed by atoms with Crippen molar-refractivity contribution in [1.82, 2.24) is 0 Å². The largest absolute Gasteiger partial charge is 0.475 e. The van der Waals surface area contributed by atoms with Crippen LogP contribution in [0.2, 0.25) is 0 Å². The van der Waals surface area contributed by atoms with Crippen LogP contribution in [0.3, 0.4) is 0 Å². The van der Waals surface area contributed by atoms with Gasteiger partial charge in [0.1, 0.15) is 0 Å². The number of ether oxygens (including phenoxy) is 4. The molecule has 0 rings (SSSR count). The fraction of sp³-hybridized carbons (Fsp3) is 0.931. The molecular formula is C29H58O4. The molecule has 0 aromatic rings. The minimum Gasteiger partial charge on any atom is -0.475 e. The molecule has 0 N–H and O–H groups in total. The Hall–Kier alpha value is -0.580. The zero-order chi connectivity index (χ0) is 24.1. The summed E-state index contributed by atoms with van der Waals surface area (Å²) >= 11 is 0. The Morgan fingerprint density at radius 2 is 1.09 bits per heavy atom. The SMILES string of the molecule is CCCCCCCOC(CCCCCCCCCC=COCOCC)OCCCCCCC. The predicted octanol–water partition coefficient (Wildman–Crippen LogP) is 9.32. The van der Waals surface area contributed by atoms with E-state index in [1.807, 2.05) is 6.92 Å². The van der Waals surface area contributed by atoms with Crippen molar-refractivity contribution in [2.45, 2.75) is 149 Å². The molecule has 4 nitrogen and oxygen atoms in total. The van der Waals surface area contributed by atoms with Gasteiger partial charge in [0.15, 0.2) is 13.1 Å². The Bertz CT molecular complexity index is 357. The van der Waals surface area contributed by atoms with Gasteiger partial charge in [-0.25, -0.2) is 0 Å². The standard InChI is InChI=1S/C29H58O4/c1-4-7-9-17-22-26-32-29(33-27-23-18-10-8-5-2)24-20-16-14-12-11-13-15-19-21-25-31-28-30-6-3/h21,25,29H,4-20,22-24,26-28H2,1-3H3. The second-order valence-corrected chi connectivity index (χ2v) is 9.20. The molecule has 0 aliphatic heterocycles. The highest BCUT2D eigenvalue weighted by Crippen LogP contribution is 2.14. The number of hydrogen-bond acceptors (Lipinski definition) is 4. The summed E-state index contributed by atoms with van der Waals surface area (Å²) in [5.41, 5.74) is 0. The van der Waals surface area contributed by atoms with E-state index in [9.17, 15) is 0 Å². The van der Waals surface area contributed by atoms with Crippen LogP contribution in [-0.2, 0) is 18.9 Å². The average molecular weight is 471 g/mol. The first-order valence-corrected chi connectivity index (χ1v) is 14.4. The fourth-order valence-electron chi connectivity index (χ4n) is 3.82. The quantitative estimate of drug-likeness (QED) is 0.0648. The summed E-state index contributed by atoms with van der Waals surface area (Å²) in [6, 6.07) is 0. The summed E-state index contributed by atoms with van der Waals surface area (Å²) in [7, 11) is 0. The second kappa shape index (κ2) is 29.5. The summed E-state index contributed by atoms with van der Waals surface area (Å²) in [5.74, 6) is 0. The minimum atomic E-state index is 0.0130. The first-order chi connectivity index (χ1) is 16.3. The van der Waals surface area contributed by atoms with Crippen molar-refractivity contribution in [2.75, 3.05) is 26.6 Å².